The third kappa shape index (κ3) is 6.75. The average Bonchev–Trinajstić information content (AvgIpc) is 3.20. The Morgan fingerprint density at radius 1 is 1.05 bits per heavy atom. The van der Waals surface area contributed by atoms with E-state index in [2.05, 4.69) is 20.5 Å². The van der Waals surface area contributed by atoms with E-state index in [-0.39, 0.29) is 19.3 Å². The van der Waals surface area contributed by atoms with Crippen LogP contribution in [0.25, 0.3) is 11.6 Å². The number of amides is 1. The highest BCUT2D eigenvalue weighted by Gasteiger charge is 2.58. The Morgan fingerprint density at radius 3 is 2.26 bits per heavy atom. The Hall–Kier alpha value is -2.90. The van der Waals surface area contributed by atoms with Crippen LogP contribution in [0.4, 0.5) is 36.8 Å². The lowest BCUT2D eigenvalue weighted by Gasteiger charge is -2.28. The lowest BCUT2D eigenvalue weighted by Crippen LogP contribution is -2.42. The van der Waals surface area contributed by atoms with E-state index in [1.807, 2.05) is 0 Å². The first-order chi connectivity index (χ1) is 17.2. The molecule has 0 unspecified atom stereocenters. The predicted molar refractivity (Wildman–Crippen MR) is 123 cm³/mol. The first-order valence-electron chi connectivity index (χ1n) is 12.0. The van der Waals surface area contributed by atoms with Crippen LogP contribution in [0.15, 0.2) is 10.5 Å². The molecule has 4 bridgehead atoms. The van der Waals surface area contributed by atoms with Gasteiger partial charge in [-0.3, -0.25) is 5.32 Å². The molecule has 0 saturated heterocycles. The summed E-state index contributed by atoms with van der Waals surface area (Å²) in [4.78, 5) is 16.5. The number of carbonyl (C=O) groups is 1. The Balaban J connectivity index is 2.26. The molecule has 14 heteroatoms. The minimum atomic E-state index is -5.18. The second-order valence-corrected chi connectivity index (χ2v) is 11.2. The van der Waals surface area contributed by atoms with Gasteiger partial charge in [0, 0.05) is 0 Å². The molecule has 0 radical (unpaired) electrons. The van der Waals surface area contributed by atoms with Crippen LogP contribution in [-0.4, -0.2) is 38.2 Å². The summed E-state index contributed by atoms with van der Waals surface area (Å²) in [5.74, 6) is -1.89. The van der Waals surface area contributed by atoms with Crippen molar-refractivity contribution in [3.8, 4) is 11.6 Å². The largest absolute Gasteiger partial charge is 0.444 e. The van der Waals surface area contributed by atoms with Gasteiger partial charge in [-0.25, -0.2) is 9.78 Å². The average molecular weight is 553 g/mol. The number of hydrogen-bond donors (Lipinski definition) is 2. The molecule has 0 aromatic carbocycles. The summed E-state index contributed by atoms with van der Waals surface area (Å²) < 4.78 is 94.3. The molecule has 2 aromatic heterocycles. The summed E-state index contributed by atoms with van der Waals surface area (Å²) in [7, 11) is 0. The second kappa shape index (κ2) is 10.0. The first-order valence-corrected chi connectivity index (χ1v) is 12.0. The van der Waals surface area contributed by atoms with Crippen LogP contribution >= 0.6 is 0 Å². The van der Waals surface area contributed by atoms with Gasteiger partial charge >= 0.3 is 18.4 Å². The predicted octanol–water partition coefficient (Wildman–Crippen LogP) is 6.78. The number of ether oxygens (including phenoxy) is 1. The molecular formula is C24H30F6N4O4. The number of nitrogens with zero attached hydrogens (tertiary/aromatic N) is 3. The van der Waals surface area contributed by atoms with Crippen molar-refractivity contribution in [2.24, 2.45) is 5.41 Å². The van der Waals surface area contributed by atoms with Crippen molar-refractivity contribution in [2.75, 3.05) is 5.32 Å². The molecule has 1 amide bonds. The van der Waals surface area contributed by atoms with Crippen LogP contribution in [0.3, 0.4) is 0 Å². The maximum Gasteiger partial charge on any atom is 0.426 e. The minimum Gasteiger partial charge on any atom is -0.444 e. The lowest BCUT2D eigenvalue weighted by atomic mass is 9.81. The van der Waals surface area contributed by atoms with Crippen LogP contribution < -0.4 is 5.32 Å². The molecule has 1 aliphatic rings. The second-order valence-electron chi connectivity index (χ2n) is 11.2. The molecule has 212 valence electrons. The van der Waals surface area contributed by atoms with Crippen LogP contribution in [0.5, 0.6) is 0 Å². The van der Waals surface area contributed by atoms with E-state index in [4.69, 9.17) is 9.15 Å². The number of nitrogens with one attached hydrogen (secondary N) is 1. The van der Waals surface area contributed by atoms with Crippen molar-refractivity contribution < 1.29 is 45.4 Å². The van der Waals surface area contributed by atoms with E-state index in [0.29, 0.717) is 18.9 Å². The lowest BCUT2D eigenvalue weighted by molar-refractivity contribution is -0.277. The number of rotatable bonds is 1. The third-order valence-electron chi connectivity index (χ3n) is 6.03. The first kappa shape index (κ1) is 29.7. The summed E-state index contributed by atoms with van der Waals surface area (Å²) in [6.07, 6.45) is -11.0. The van der Waals surface area contributed by atoms with Gasteiger partial charge in [0.05, 0.1) is 16.9 Å². The summed E-state index contributed by atoms with van der Waals surface area (Å²) in [6.45, 7) is 8.05. The highest BCUT2D eigenvalue weighted by molar-refractivity contribution is 5.89. The Morgan fingerprint density at radius 2 is 1.68 bits per heavy atom. The minimum absolute atomic E-state index is 0.0490. The molecule has 38 heavy (non-hydrogen) atoms. The fourth-order valence-electron chi connectivity index (χ4n) is 4.16. The zero-order valence-corrected chi connectivity index (χ0v) is 21.6. The van der Waals surface area contributed by atoms with Crippen molar-refractivity contribution in [1.29, 1.82) is 0 Å². The van der Waals surface area contributed by atoms with E-state index < -0.39 is 75.9 Å². The van der Waals surface area contributed by atoms with Gasteiger partial charge in [0.2, 0.25) is 5.60 Å². The number of anilines is 1. The summed E-state index contributed by atoms with van der Waals surface area (Å²) in [5.41, 5.74) is -7.81. The molecule has 3 heterocycles. The molecule has 0 aliphatic carbocycles. The molecule has 8 nitrogen and oxygen atoms in total. The van der Waals surface area contributed by atoms with Gasteiger partial charge < -0.3 is 14.3 Å². The zero-order valence-electron chi connectivity index (χ0n) is 21.6. The number of alkyl halides is 6. The fourth-order valence-corrected chi connectivity index (χ4v) is 4.16. The molecule has 2 N–H and O–H groups in total. The van der Waals surface area contributed by atoms with Gasteiger partial charge in [-0.15, -0.1) is 10.2 Å². The fraction of sp³-hybridized carbons (Fsp3) is 0.667. The van der Waals surface area contributed by atoms with E-state index >= 15 is 0 Å². The normalized spacial score (nSPS) is 20.9. The maximum absolute atomic E-state index is 14.1. The summed E-state index contributed by atoms with van der Waals surface area (Å²) >= 11 is 0. The van der Waals surface area contributed by atoms with Gasteiger partial charge in [-0.05, 0) is 57.9 Å². The van der Waals surface area contributed by atoms with E-state index in [9.17, 15) is 36.2 Å². The Bertz CT molecular complexity index is 1170. The highest BCUT2D eigenvalue weighted by Crippen LogP contribution is 2.45. The molecule has 3 rings (SSSR count). The Labute approximate surface area is 215 Å². The van der Waals surface area contributed by atoms with Crippen LogP contribution in [0, 0.1) is 5.41 Å². The highest BCUT2D eigenvalue weighted by atomic mass is 19.4. The number of halogens is 6. The molecule has 0 spiro atoms. The number of pyridine rings is 1. The van der Waals surface area contributed by atoms with Crippen LogP contribution in [-0.2, 0) is 22.9 Å². The van der Waals surface area contributed by atoms with Crippen molar-refractivity contribution in [3.63, 3.8) is 0 Å². The molecular weight excluding hydrogens is 522 g/mol. The topological polar surface area (TPSA) is 110 Å². The van der Waals surface area contributed by atoms with Crippen molar-refractivity contribution >= 4 is 11.8 Å². The molecule has 0 saturated carbocycles. The van der Waals surface area contributed by atoms with Crippen molar-refractivity contribution in [2.45, 2.75) is 96.7 Å². The van der Waals surface area contributed by atoms with E-state index in [0.717, 1.165) is 0 Å². The quantitative estimate of drug-likeness (QED) is 0.375. The number of hydrogen-bond acceptors (Lipinski definition) is 7. The summed E-state index contributed by atoms with van der Waals surface area (Å²) in [5, 5.41) is 19.6. The van der Waals surface area contributed by atoms with Crippen molar-refractivity contribution in [3.05, 3.63) is 23.2 Å². The van der Waals surface area contributed by atoms with Gasteiger partial charge in [-0.2, -0.15) is 26.3 Å². The van der Waals surface area contributed by atoms with Gasteiger partial charge in [0.15, 0.2) is 5.69 Å². The number of aliphatic hydroxyl groups is 1. The van der Waals surface area contributed by atoms with Crippen molar-refractivity contribution in [1.82, 2.24) is 15.2 Å². The smallest absolute Gasteiger partial charge is 0.426 e. The molecule has 1 aliphatic heterocycles. The van der Waals surface area contributed by atoms with Gasteiger partial charge in [0.25, 0.3) is 11.8 Å². The molecule has 1 atom stereocenters. The van der Waals surface area contributed by atoms with E-state index in [1.54, 1.807) is 13.8 Å². The van der Waals surface area contributed by atoms with E-state index in [1.165, 1.54) is 20.8 Å². The number of fused-ring (bicyclic) bond motifs is 5. The SMILES string of the molecule is CC1(C)CCCCC[C@](O)(C(F)(F)F)c2nnc(o2)-c2nc(c(C(F)(F)F)cc2NC(=O)OC(C)(C)C)C1. The Kier molecular flexibility index (Phi) is 7.81. The maximum atomic E-state index is 14.1. The number of aromatic nitrogens is 3. The van der Waals surface area contributed by atoms with Crippen LogP contribution in [0.1, 0.15) is 83.9 Å². The third-order valence-corrected chi connectivity index (χ3v) is 6.03. The van der Waals surface area contributed by atoms with Gasteiger partial charge in [-0.1, -0.05) is 26.7 Å². The van der Waals surface area contributed by atoms with Crippen LogP contribution in [0.2, 0.25) is 0 Å². The summed E-state index contributed by atoms with van der Waals surface area (Å²) in [6, 6.07) is 0.614. The monoisotopic (exact) mass is 552 g/mol. The molecule has 0 fully saturated rings. The zero-order chi connectivity index (χ0) is 28.7. The molecule has 2 aromatic rings. The standard InChI is InChI=1S/C24H30F6N4O4/c1-20(2,3)38-19(35)32-14-11-13(23(25,26)27)15-12-21(4,5)9-7-6-8-10-22(36,24(28,29)30)18-34-33-17(37-18)16(14)31-15/h11,36H,6-10,12H2,1-5H3,(H,32,35)/t22-/m1/s1. The number of carbonyl (C=O) groups excluding carboxylic acids is 1. The van der Waals surface area contributed by atoms with Gasteiger partial charge in [0.1, 0.15) is 5.60 Å².